The zero-order chi connectivity index (χ0) is 14.5. The van der Waals surface area contributed by atoms with Gasteiger partial charge in [0.25, 0.3) is 5.91 Å². The number of benzene rings is 1. The molecular weight excluding hydrogens is 266 g/mol. The smallest absolute Gasteiger partial charge is 0.273 e. The summed E-state index contributed by atoms with van der Waals surface area (Å²) in [6.45, 7) is 0.178. The number of anilines is 1. The van der Waals surface area contributed by atoms with E-state index in [-0.39, 0.29) is 24.5 Å². The molecular formula is C13H12F2N4O. The van der Waals surface area contributed by atoms with Gasteiger partial charge in [-0.3, -0.25) is 4.79 Å². The number of nitrogens with two attached hydrogens (primary N) is 1. The Hall–Kier alpha value is -2.57. The quantitative estimate of drug-likeness (QED) is 0.883. The van der Waals surface area contributed by atoms with E-state index in [1.807, 2.05) is 0 Å². The third-order valence-electron chi connectivity index (χ3n) is 2.64. The highest BCUT2D eigenvalue weighted by atomic mass is 19.1. The van der Waals surface area contributed by atoms with Crippen LogP contribution in [0.3, 0.4) is 0 Å². The number of amides is 1. The van der Waals surface area contributed by atoms with Crippen LogP contribution in [0, 0.1) is 11.6 Å². The maximum Gasteiger partial charge on any atom is 0.273 e. The van der Waals surface area contributed by atoms with Gasteiger partial charge in [-0.25, -0.2) is 18.7 Å². The van der Waals surface area contributed by atoms with E-state index in [0.717, 1.165) is 6.07 Å². The number of hydrogen-bond donors (Lipinski definition) is 2. The van der Waals surface area contributed by atoms with E-state index in [2.05, 4.69) is 15.3 Å². The molecule has 0 radical (unpaired) electrons. The zero-order valence-corrected chi connectivity index (χ0v) is 10.4. The van der Waals surface area contributed by atoms with Gasteiger partial charge in [0.05, 0.1) is 0 Å². The van der Waals surface area contributed by atoms with Crippen LogP contribution in [-0.4, -0.2) is 22.4 Å². The predicted molar refractivity (Wildman–Crippen MR) is 68.8 cm³/mol. The molecule has 0 unspecified atom stereocenters. The molecule has 0 saturated carbocycles. The van der Waals surface area contributed by atoms with Gasteiger partial charge in [0.15, 0.2) is 11.5 Å². The van der Waals surface area contributed by atoms with Gasteiger partial charge in [-0.15, -0.1) is 0 Å². The van der Waals surface area contributed by atoms with Crippen LogP contribution in [0.5, 0.6) is 0 Å². The number of nitrogen functional groups attached to an aromatic ring is 1. The highest BCUT2D eigenvalue weighted by Gasteiger charge is 2.11. The van der Waals surface area contributed by atoms with Crippen LogP contribution in [0.1, 0.15) is 16.1 Å². The summed E-state index contributed by atoms with van der Waals surface area (Å²) in [5.74, 6) is -1.74. The molecule has 0 saturated heterocycles. The first-order chi connectivity index (χ1) is 9.58. The van der Waals surface area contributed by atoms with Crippen molar-refractivity contribution in [2.24, 2.45) is 0 Å². The first-order valence-corrected chi connectivity index (χ1v) is 5.86. The molecule has 1 heterocycles. The van der Waals surface area contributed by atoms with Crippen molar-refractivity contribution in [3.8, 4) is 0 Å². The average molecular weight is 278 g/mol. The Labute approximate surface area is 113 Å². The molecule has 5 nitrogen and oxygen atoms in total. The average Bonchev–Trinajstić information content (AvgIpc) is 2.41. The van der Waals surface area contributed by atoms with Crippen molar-refractivity contribution in [1.82, 2.24) is 15.3 Å². The third kappa shape index (κ3) is 3.25. The van der Waals surface area contributed by atoms with Crippen molar-refractivity contribution in [2.45, 2.75) is 6.42 Å². The highest BCUT2D eigenvalue weighted by Crippen LogP contribution is 2.10. The zero-order valence-electron chi connectivity index (χ0n) is 10.4. The predicted octanol–water partition coefficient (Wildman–Crippen LogP) is 1.31. The van der Waals surface area contributed by atoms with Gasteiger partial charge in [0.1, 0.15) is 11.6 Å². The van der Waals surface area contributed by atoms with Gasteiger partial charge < -0.3 is 11.1 Å². The van der Waals surface area contributed by atoms with E-state index in [1.165, 1.54) is 24.5 Å². The number of hydrogen-bond acceptors (Lipinski definition) is 4. The van der Waals surface area contributed by atoms with E-state index in [0.29, 0.717) is 5.56 Å². The fraction of sp³-hybridized carbons (Fsp3) is 0.154. The summed E-state index contributed by atoms with van der Waals surface area (Å²) in [5.41, 5.74) is 5.85. The van der Waals surface area contributed by atoms with Crippen LogP contribution in [-0.2, 0) is 6.42 Å². The normalized spacial score (nSPS) is 10.3. The Morgan fingerprint density at radius 2 is 2.00 bits per heavy atom. The fourth-order valence-corrected chi connectivity index (χ4v) is 1.64. The number of halogens is 2. The van der Waals surface area contributed by atoms with Gasteiger partial charge >= 0.3 is 0 Å². The molecule has 104 valence electrons. The molecule has 20 heavy (non-hydrogen) atoms. The second-order valence-electron chi connectivity index (χ2n) is 4.03. The van der Waals surface area contributed by atoms with Crippen LogP contribution in [0.2, 0.25) is 0 Å². The Morgan fingerprint density at radius 3 is 2.70 bits per heavy atom. The summed E-state index contributed by atoms with van der Waals surface area (Å²) >= 11 is 0. The molecule has 0 bridgehead atoms. The van der Waals surface area contributed by atoms with Crippen LogP contribution in [0.4, 0.5) is 14.6 Å². The molecule has 2 aromatic rings. The number of nitrogens with one attached hydrogen (secondary N) is 1. The van der Waals surface area contributed by atoms with Crippen molar-refractivity contribution in [2.75, 3.05) is 12.3 Å². The SMILES string of the molecule is Nc1nccnc1C(=O)NCCc1ccc(F)cc1F. The summed E-state index contributed by atoms with van der Waals surface area (Å²) in [7, 11) is 0. The Bertz CT molecular complexity index is 634. The lowest BCUT2D eigenvalue weighted by molar-refractivity contribution is 0.0949. The minimum absolute atomic E-state index is 0.0204. The van der Waals surface area contributed by atoms with E-state index >= 15 is 0 Å². The number of carbonyl (C=O) groups excluding carboxylic acids is 1. The van der Waals surface area contributed by atoms with E-state index in [4.69, 9.17) is 5.73 Å². The number of rotatable bonds is 4. The largest absolute Gasteiger partial charge is 0.382 e. The van der Waals surface area contributed by atoms with Crippen LogP contribution in [0.25, 0.3) is 0 Å². The molecule has 1 aromatic heterocycles. The van der Waals surface area contributed by atoms with E-state index < -0.39 is 17.5 Å². The summed E-state index contributed by atoms with van der Waals surface area (Å²) in [6.07, 6.45) is 2.96. The molecule has 0 aliphatic heterocycles. The van der Waals surface area contributed by atoms with Gasteiger partial charge in [-0.2, -0.15) is 0 Å². The van der Waals surface area contributed by atoms with Crippen LogP contribution >= 0.6 is 0 Å². The first-order valence-electron chi connectivity index (χ1n) is 5.86. The van der Waals surface area contributed by atoms with Crippen LogP contribution in [0.15, 0.2) is 30.6 Å². The highest BCUT2D eigenvalue weighted by molar-refractivity contribution is 5.96. The summed E-state index contributed by atoms with van der Waals surface area (Å²) < 4.78 is 26.1. The van der Waals surface area contributed by atoms with Crippen molar-refractivity contribution in [1.29, 1.82) is 0 Å². The molecule has 7 heteroatoms. The molecule has 0 aliphatic rings. The molecule has 0 aliphatic carbocycles. The Kier molecular flexibility index (Phi) is 4.19. The number of aromatic nitrogens is 2. The Morgan fingerprint density at radius 1 is 1.25 bits per heavy atom. The van der Waals surface area contributed by atoms with Crippen molar-refractivity contribution in [3.63, 3.8) is 0 Å². The minimum Gasteiger partial charge on any atom is -0.382 e. The molecule has 1 aromatic carbocycles. The second-order valence-corrected chi connectivity index (χ2v) is 4.03. The maximum absolute atomic E-state index is 13.4. The van der Waals surface area contributed by atoms with Gasteiger partial charge in [0.2, 0.25) is 0 Å². The van der Waals surface area contributed by atoms with Gasteiger partial charge in [-0.1, -0.05) is 6.07 Å². The van der Waals surface area contributed by atoms with E-state index in [9.17, 15) is 13.6 Å². The van der Waals surface area contributed by atoms with Gasteiger partial charge in [0, 0.05) is 25.0 Å². The first kappa shape index (κ1) is 13.9. The standard InChI is InChI=1S/C13H12F2N4O/c14-9-2-1-8(10(15)7-9)3-4-19-13(20)11-12(16)18-6-5-17-11/h1-2,5-7H,3-4H2,(H2,16,18)(H,19,20). The number of carbonyl (C=O) groups is 1. The summed E-state index contributed by atoms with van der Waals surface area (Å²) in [6, 6.07) is 3.31. The van der Waals surface area contributed by atoms with Crippen molar-refractivity contribution >= 4 is 11.7 Å². The van der Waals surface area contributed by atoms with Crippen molar-refractivity contribution in [3.05, 3.63) is 53.5 Å². The third-order valence-corrected chi connectivity index (χ3v) is 2.64. The lowest BCUT2D eigenvalue weighted by atomic mass is 10.1. The molecule has 0 atom stereocenters. The molecule has 1 amide bonds. The van der Waals surface area contributed by atoms with Crippen LogP contribution < -0.4 is 11.1 Å². The monoisotopic (exact) mass is 278 g/mol. The molecule has 0 spiro atoms. The lowest BCUT2D eigenvalue weighted by Gasteiger charge is -2.06. The fourth-order valence-electron chi connectivity index (χ4n) is 1.64. The lowest BCUT2D eigenvalue weighted by Crippen LogP contribution is -2.27. The molecule has 2 rings (SSSR count). The second kappa shape index (κ2) is 6.05. The summed E-state index contributed by atoms with van der Waals surface area (Å²) in [4.78, 5) is 19.3. The minimum atomic E-state index is -0.640. The topological polar surface area (TPSA) is 80.9 Å². The summed E-state index contributed by atoms with van der Waals surface area (Å²) in [5, 5.41) is 2.55. The Balaban J connectivity index is 1.93. The van der Waals surface area contributed by atoms with E-state index in [1.54, 1.807) is 0 Å². The van der Waals surface area contributed by atoms with Gasteiger partial charge in [-0.05, 0) is 18.1 Å². The maximum atomic E-state index is 13.4. The molecule has 0 fully saturated rings. The molecule has 3 N–H and O–H groups in total. The van der Waals surface area contributed by atoms with Crippen molar-refractivity contribution < 1.29 is 13.6 Å². The number of nitrogens with zero attached hydrogens (tertiary/aromatic N) is 2.